The first-order valence-electron chi connectivity index (χ1n) is 10.5. The van der Waals surface area contributed by atoms with Crippen LogP contribution in [0.5, 0.6) is 0 Å². The number of likely N-dealkylation sites (tertiary alicyclic amines) is 2. The third-order valence-electron chi connectivity index (χ3n) is 6.61. The Bertz CT molecular complexity index is 750. The van der Waals surface area contributed by atoms with E-state index in [2.05, 4.69) is 34.5 Å². The van der Waals surface area contributed by atoms with Crippen molar-refractivity contribution in [1.29, 1.82) is 0 Å². The summed E-state index contributed by atoms with van der Waals surface area (Å²) in [6.45, 7) is 3.46. The standard InChI is InChI=1S/C21H31N5O2/c1-24-13-6-17(7-14-24)26-15-8-18(23-26)22-19(27)20(28)25-12-5-11-21(16-25)9-3-2-4-10-21/h2-3,8,15,17H,4-7,9-14,16H2,1H3,(H,22,23,27). The third-order valence-corrected chi connectivity index (χ3v) is 6.61. The number of anilines is 1. The van der Waals surface area contributed by atoms with Gasteiger partial charge < -0.3 is 15.1 Å². The van der Waals surface area contributed by atoms with Crippen molar-refractivity contribution < 1.29 is 9.59 Å². The number of hydrogen-bond acceptors (Lipinski definition) is 4. The van der Waals surface area contributed by atoms with E-state index in [-0.39, 0.29) is 5.41 Å². The highest BCUT2D eigenvalue weighted by molar-refractivity contribution is 6.39. The summed E-state index contributed by atoms with van der Waals surface area (Å²) in [5.41, 5.74) is 0.165. The Hall–Kier alpha value is -2.15. The fraction of sp³-hybridized carbons (Fsp3) is 0.667. The largest absolute Gasteiger partial charge is 0.334 e. The zero-order chi connectivity index (χ0) is 19.6. The molecule has 1 aromatic heterocycles. The zero-order valence-electron chi connectivity index (χ0n) is 16.8. The first kappa shape index (κ1) is 19.2. The van der Waals surface area contributed by atoms with Crippen LogP contribution in [0, 0.1) is 5.41 Å². The van der Waals surface area contributed by atoms with Gasteiger partial charge in [0.15, 0.2) is 5.82 Å². The lowest BCUT2D eigenvalue weighted by Crippen LogP contribution is -2.49. The second kappa shape index (κ2) is 8.07. The molecule has 152 valence electrons. The monoisotopic (exact) mass is 385 g/mol. The summed E-state index contributed by atoms with van der Waals surface area (Å²) in [5.74, 6) is -0.538. The van der Waals surface area contributed by atoms with Crippen LogP contribution in [0.4, 0.5) is 5.82 Å². The Morgan fingerprint density at radius 3 is 2.75 bits per heavy atom. The van der Waals surface area contributed by atoms with Crippen LogP contribution < -0.4 is 5.32 Å². The van der Waals surface area contributed by atoms with Crippen molar-refractivity contribution in [3.8, 4) is 0 Å². The predicted octanol–water partition coefficient (Wildman–Crippen LogP) is 2.44. The Kier molecular flexibility index (Phi) is 5.53. The summed E-state index contributed by atoms with van der Waals surface area (Å²) in [4.78, 5) is 29.3. The van der Waals surface area contributed by atoms with Crippen LogP contribution in [-0.4, -0.2) is 64.6 Å². The molecule has 2 fully saturated rings. The molecule has 2 saturated heterocycles. The number of carbonyl (C=O) groups excluding carboxylic acids is 2. The normalized spacial score (nSPS) is 26.5. The molecule has 3 aliphatic rings. The molecular formula is C21H31N5O2. The fourth-order valence-electron chi connectivity index (χ4n) is 4.88. The van der Waals surface area contributed by atoms with Crippen LogP contribution in [0.25, 0.3) is 0 Å². The van der Waals surface area contributed by atoms with Crippen molar-refractivity contribution in [2.45, 2.75) is 51.0 Å². The summed E-state index contributed by atoms with van der Waals surface area (Å²) in [7, 11) is 2.13. The van der Waals surface area contributed by atoms with E-state index in [1.54, 1.807) is 11.0 Å². The predicted molar refractivity (Wildman–Crippen MR) is 108 cm³/mol. The molecule has 2 amide bonds. The van der Waals surface area contributed by atoms with Gasteiger partial charge in [-0.15, -0.1) is 0 Å². The van der Waals surface area contributed by atoms with E-state index in [9.17, 15) is 9.59 Å². The highest BCUT2D eigenvalue weighted by Crippen LogP contribution is 2.40. The van der Waals surface area contributed by atoms with Gasteiger partial charge in [0.05, 0.1) is 6.04 Å². The van der Waals surface area contributed by atoms with Crippen molar-refractivity contribution in [2.24, 2.45) is 5.41 Å². The third kappa shape index (κ3) is 4.14. The number of allylic oxidation sites excluding steroid dienone is 2. The maximum absolute atomic E-state index is 12.7. The Balaban J connectivity index is 1.34. The molecule has 28 heavy (non-hydrogen) atoms. The Morgan fingerprint density at radius 1 is 1.18 bits per heavy atom. The number of carbonyl (C=O) groups is 2. The Labute approximate surface area is 166 Å². The van der Waals surface area contributed by atoms with Crippen molar-refractivity contribution in [1.82, 2.24) is 19.6 Å². The van der Waals surface area contributed by atoms with Crippen molar-refractivity contribution in [3.63, 3.8) is 0 Å². The number of piperidine rings is 2. The van der Waals surface area contributed by atoms with Gasteiger partial charge in [0.25, 0.3) is 0 Å². The van der Waals surface area contributed by atoms with Crippen LogP contribution in [0.1, 0.15) is 51.0 Å². The summed E-state index contributed by atoms with van der Waals surface area (Å²) in [6, 6.07) is 2.14. The smallest absolute Gasteiger partial charge is 0.315 e. The molecule has 1 atom stereocenters. The molecular weight excluding hydrogens is 354 g/mol. The lowest BCUT2D eigenvalue weighted by Gasteiger charge is -2.43. The second-order valence-corrected chi connectivity index (χ2v) is 8.71. The molecule has 0 saturated carbocycles. The van der Waals surface area contributed by atoms with Gasteiger partial charge in [-0.2, -0.15) is 5.10 Å². The van der Waals surface area contributed by atoms with Crippen molar-refractivity contribution in [2.75, 3.05) is 38.5 Å². The van der Waals surface area contributed by atoms with E-state index in [0.717, 1.165) is 58.0 Å². The van der Waals surface area contributed by atoms with Gasteiger partial charge in [-0.1, -0.05) is 12.2 Å². The van der Waals surface area contributed by atoms with E-state index in [1.165, 1.54) is 0 Å². The van der Waals surface area contributed by atoms with Crippen LogP contribution in [-0.2, 0) is 9.59 Å². The molecule has 2 aliphatic heterocycles. The minimum Gasteiger partial charge on any atom is -0.334 e. The minimum absolute atomic E-state index is 0.165. The number of amides is 2. The number of aromatic nitrogens is 2. The lowest BCUT2D eigenvalue weighted by molar-refractivity contribution is -0.145. The van der Waals surface area contributed by atoms with Gasteiger partial charge in [0.2, 0.25) is 0 Å². The molecule has 1 aromatic rings. The van der Waals surface area contributed by atoms with Gasteiger partial charge in [-0.05, 0) is 70.5 Å². The van der Waals surface area contributed by atoms with Crippen LogP contribution in [0.2, 0.25) is 0 Å². The first-order chi connectivity index (χ1) is 13.5. The molecule has 1 unspecified atom stereocenters. The molecule has 1 N–H and O–H groups in total. The van der Waals surface area contributed by atoms with Crippen LogP contribution >= 0.6 is 0 Å². The number of nitrogens with zero attached hydrogens (tertiary/aromatic N) is 4. The topological polar surface area (TPSA) is 70.5 Å². The quantitative estimate of drug-likeness (QED) is 0.627. The number of nitrogens with one attached hydrogen (secondary N) is 1. The zero-order valence-corrected chi connectivity index (χ0v) is 16.8. The summed E-state index contributed by atoms with van der Waals surface area (Å²) in [6.07, 6.45) is 13.8. The average molecular weight is 386 g/mol. The summed E-state index contributed by atoms with van der Waals surface area (Å²) < 4.78 is 1.93. The van der Waals surface area contributed by atoms with Crippen molar-refractivity contribution in [3.05, 3.63) is 24.4 Å². The fourth-order valence-corrected chi connectivity index (χ4v) is 4.88. The lowest BCUT2D eigenvalue weighted by atomic mass is 9.71. The molecule has 1 aliphatic carbocycles. The molecule has 1 spiro atoms. The minimum atomic E-state index is -0.572. The SMILES string of the molecule is CN1CCC(n2ccc(NC(=O)C(=O)N3CCCC4(CC=CCC4)C3)n2)CC1. The molecule has 7 nitrogen and oxygen atoms in total. The van der Waals surface area contributed by atoms with Gasteiger partial charge >= 0.3 is 11.8 Å². The summed E-state index contributed by atoms with van der Waals surface area (Å²) in [5, 5.41) is 7.21. The van der Waals surface area contributed by atoms with Crippen molar-refractivity contribution >= 4 is 17.6 Å². The second-order valence-electron chi connectivity index (χ2n) is 8.71. The van der Waals surface area contributed by atoms with Gasteiger partial charge in [-0.3, -0.25) is 14.3 Å². The molecule has 0 bridgehead atoms. The average Bonchev–Trinajstić information content (AvgIpc) is 3.17. The van der Waals surface area contributed by atoms with E-state index in [4.69, 9.17) is 0 Å². The van der Waals surface area contributed by atoms with Crippen LogP contribution in [0.15, 0.2) is 24.4 Å². The van der Waals surface area contributed by atoms with E-state index in [0.29, 0.717) is 24.9 Å². The van der Waals surface area contributed by atoms with Gasteiger partial charge in [-0.25, -0.2) is 0 Å². The first-order valence-corrected chi connectivity index (χ1v) is 10.5. The maximum Gasteiger partial charge on any atom is 0.315 e. The molecule has 0 radical (unpaired) electrons. The Morgan fingerprint density at radius 2 is 2.00 bits per heavy atom. The summed E-state index contributed by atoms with van der Waals surface area (Å²) >= 11 is 0. The van der Waals surface area contributed by atoms with E-state index < -0.39 is 11.8 Å². The number of rotatable bonds is 2. The molecule has 7 heteroatoms. The molecule has 4 rings (SSSR count). The highest BCUT2D eigenvalue weighted by Gasteiger charge is 2.38. The van der Waals surface area contributed by atoms with Crippen LogP contribution in [0.3, 0.4) is 0 Å². The van der Waals surface area contributed by atoms with E-state index in [1.807, 2.05) is 10.9 Å². The van der Waals surface area contributed by atoms with Gasteiger partial charge in [0.1, 0.15) is 0 Å². The highest BCUT2D eigenvalue weighted by atomic mass is 16.2. The molecule has 3 heterocycles. The number of hydrogen-bond donors (Lipinski definition) is 1. The molecule has 0 aromatic carbocycles. The maximum atomic E-state index is 12.7. The van der Waals surface area contributed by atoms with E-state index >= 15 is 0 Å². The van der Waals surface area contributed by atoms with Gasteiger partial charge in [0, 0.05) is 25.4 Å².